The molecule has 1 amide bonds. The van der Waals surface area contributed by atoms with E-state index in [1.165, 1.54) is 0 Å². The SMILES string of the molecule is N[C@@H](Cc1ccccc1)C(=O)NC1CCCC2OCCC12. The summed E-state index contributed by atoms with van der Waals surface area (Å²) in [5, 5.41) is 3.17. The van der Waals surface area contributed by atoms with E-state index in [0.717, 1.165) is 37.9 Å². The Morgan fingerprint density at radius 2 is 2.10 bits per heavy atom. The van der Waals surface area contributed by atoms with Crippen molar-refractivity contribution >= 4 is 5.91 Å². The fourth-order valence-electron chi connectivity index (χ4n) is 3.61. The van der Waals surface area contributed by atoms with Gasteiger partial charge < -0.3 is 15.8 Å². The molecule has 1 saturated carbocycles. The van der Waals surface area contributed by atoms with Crippen molar-refractivity contribution in [3.05, 3.63) is 35.9 Å². The number of hydrogen-bond donors (Lipinski definition) is 2. The average Bonchev–Trinajstić information content (AvgIpc) is 2.98. The summed E-state index contributed by atoms with van der Waals surface area (Å²) in [6, 6.07) is 9.69. The van der Waals surface area contributed by atoms with E-state index < -0.39 is 6.04 Å². The third-order valence-electron chi connectivity index (χ3n) is 4.74. The van der Waals surface area contributed by atoms with Crippen molar-refractivity contribution in [2.24, 2.45) is 11.7 Å². The number of hydrogen-bond acceptors (Lipinski definition) is 3. The lowest BCUT2D eigenvalue weighted by molar-refractivity contribution is -0.123. The summed E-state index contributed by atoms with van der Waals surface area (Å²) in [6.45, 7) is 0.831. The number of carbonyl (C=O) groups excluding carboxylic acids is 1. The first-order valence-electron chi connectivity index (χ1n) is 7.95. The predicted octanol–water partition coefficient (Wildman–Crippen LogP) is 1.63. The molecule has 0 aromatic heterocycles. The molecule has 1 heterocycles. The van der Waals surface area contributed by atoms with Crippen LogP contribution in [0.25, 0.3) is 0 Å². The molecule has 1 saturated heterocycles. The van der Waals surface area contributed by atoms with Gasteiger partial charge in [0.1, 0.15) is 0 Å². The Balaban J connectivity index is 1.55. The van der Waals surface area contributed by atoms with E-state index in [1.807, 2.05) is 30.3 Å². The lowest BCUT2D eigenvalue weighted by Gasteiger charge is -2.33. The summed E-state index contributed by atoms with van der Waals surface area (Å²) in [4.78, 5) is 12.3. The molecule has 3 N–H and O–H groups in total. The molecule has 0 bridgehead atoms. The molecule has 4 atom stereocenters. The zero-order valence-electron chi connectivity index (χ0n) is 12.3. The Bertz CT molecular complexity index is 477. The van der Waals surface area contributed by atoms with Crippen LogP contribution >= 0.6 is 0 Å². The van der Waals surface area contributed by atoms with Crippen LogP contribution < -0.4 is 11.1 Å². The second-order valence-electron chi connectivity index (χ2n) is 6.20. The van der Waals surface area contributed by atoms with Crippen LogP contribution in [0.3, 0.4) is 0 Å². The molecule has 1 aromatic rings. The maximum absolute atomic E-state index is 12.3. The smallest absolute Gasteiger partial charge is 0.237 e. The summed E-state index contributed by atoms with van der Waals surface area (Å²) in [7, 11) is 0. The van der Waals surface area contributed by atoms with Gasteiger partial charge in [0.2, 0.25) is 5.91 Å². The van der Waals surface area contributed by atoms with Crippen LogP contribution in [0.2, 0.25) is 0 Å². The van der Waals surface area contributed by atoms with Gasteiger partial charge in [-0.2, -0.15) is 0 Å². The second kappa shape index (κ2) is 6.58. The van der Waals surface area contributed by atoms with Crippen molar-refractivity contribution in [1.82, 2.24) is 5.32 Å². The highest BCUT2D eigenvalue weighted by Gasteiger charge is 2.38. The zero-order chi connectivity index (χ0) is 14.7. The molecular weight excluding hydrogens is 264 g/mol. The van der Waals surface area contributed by atoms with Crippen molar-refractivity contribution in [2.75, 3.05) is 6.61 Å². The topological polar surface area (TPSA) is 64.4 Å². The Hall–Kier alpha value is -1.39. The minimum Gasteiger partial charge on any atom is -0.378 e. The number of fused-ring (bicyclic) bond motifs is 1. The van der Waals surface area contributed by atoms with Crippen LogP contribution in [0.1, 0.15) is 31.2 Å². The number of carbonyl (C=O) groups is 1. The summed E-state index contributed by atoms with van der Waals surface area (Å²) < 4.78 is 5.74. The Morgan fingerprint density at radius 3 is 2.90 bits per heavy atom. The number of nitrogens with two attached hydrogens (primary N) is 1. The van der Waals surface area contributed by atoms with Gasteiger partial charge in [0.05, 0.1) is 12.1 Å². The first kappa shape index (κ1) is 14.5. The molecule has 114 valence electrons. The summed E-state index contributed by atoms with van der Waals surface area (Å²) in [5.41, 5.74) is 7.16. The third kappa shape index (κ3) is 3.44. The Morgan fingerprint density at radius 1 is 1.29 bits per heavy atom. The molecule has 1 aliphatic carbocycles. The number of nitrogens with one attached hydrogen (secondary N) is 1. The minimum atomic E-state index is -0.477. The van der Waals surface area contributed by atoms with Crippen LogP contribution in [0.4, 0.5) is 0 Å². The van der Waals surface area contributed by atoms with Crippen molar-refractivity contribution in [3.8, 4) is 0 Å². The highest BCUT2D eigenvalue weighted by molar-refractivity contribution is 5.82. The first-order chi connectivity index (χ1) is 10.2. The fraction of sp³-hybridized carbons (Fsp3) is 0.588. The van der Waals surface area contributed by atoms with Gasteiger partial charge in [-0.3, -0.25) is 4.79 Å². The minimum absolute atomic E-state index is 0.0311. The van der Waals surface area contributed by atoms with Crippen molar-refractivity contribution < 1.29 is 9.53 Å². The van der Waals surface area contributed by atoms with Crippen LogP contribution in [0.5, 0.6) is 0 Å². The van der Waals surface area contributed by atoms with E-state index in [4.69, 9.17) is 10.5 Å². The van der Waals surface area contributed by atoms with Gasteiger partial charge in [-0.05, 0) is 37.7 Å². The van der Waals surface area contributed by atoms with Gasteiger partial charge in [-0.15, -0.1) is 0 Å². The van der Waals surface area contributed by atoms with E-state index >= 15 is 0 Å². The van der Waals surface area contributed by atoms with Gasteiger partial charge in [-0.25, -0.2) is 0 Å². The largest absolute Gasteiger partial charge is 0.378 e. The highest BCUT2D eigenvalue weighted by atomic mass is 16.5. The maximum Gasteiger partial charge on any atom is 0.237 e. The molecule has 1 aliphatic heterocycles. The van der Waals surface area contributed by atoms with E-state index in [2.05, 4.69) is 5.32 Å². The molecule has 3 rings (SSSR count). The van der Waals surface area contributed by atoms with E-state index in [1.54, 1.807) is 0 Å². The lowest BCUT2D eigenvalue weighted by Crippen LogP contribution is -2.51. The molecule has 1 aromatic carbocycles. The van der Waals surface area contributed by atoms with Crippen LogP contribution in [0.15, 0.2) is 30.3 Å². The quantitative estimate of drug-likeness (QED) is 0.885. The van der Waals surface area contributed by atoms with Crippen molar-refractivity contribution in [2.45, 2.75) is 50.3 Å². The van der Waals surface area contributed by atoms with E-state index in [-0.39, 0.29) is 11.9 Å². The predicted molar refractivity (Wildman–Crippen MR) is 81.8 cm³/mol. The third-order valence-corrected chi connectivity index (χ3v) is 4.74. The summed E-state index contributed by atoms with van der Waals surface area (Å²) in [5.74, 6) is 0.447. The summed E-state index contributed by atoms with van der Waals surface area (Å²) >= 11 is 0. The summed E-state index contributed by atoms with van der Waals surface area (Å²) in [6.07, 6.45) is 5.30. The van der Waals surface area contributed by atoms with E-state index in [0.29, 0.717) is 18.4 Å². The molecule has 2 aliphatic rings. The van der Waals surface area contributed by atoms with Crippen molar-refractivity contribution in [1.29, 1.82) is 0 Å². The maximum atomic E-state index is 12.3. The van der Waals surface area contributed by atoms with Crippen molar-refractivity contribution in [3.63, 3.8) is 0 Å². The lowest BCUT2D eigenvalue weighted by atomic mass is 9.81. The molecule has 4 heteroatoms. The van der Waals surface area contributed by atoms with Gasteiger partial charge in [0.25, 0.3) is 0 Å². The number of ether oxygens (including phenoxy) is 1. The fourth-order valence-corrected chi connectivity index (χ4v) is 3.61. The monoisotopic (exact) mass is 288 g/mol. The molecule has 21 heavy (non-hydrogen) atoms. The van der Waals surface area contributed by atoms with Gasteiger partial charge >= 0.3 is 0 Å². The average molecular weight is 288 g/mol. The standard InChI is InChI=1S/C17H24N2O2/c18-14(11-12-5-2-1-3-6-12)17(20)19-15-7-4-8-16-13(15)9-10-21-16/h1-3,5-6,13-16H,4,7-11,18H2,(H,19,20)/t13?,14-,15?,16?/m0/s1. The molecule has 3 unspecified atom stereocenters. The van der Waals surface area contributed by atoms with Gasteiger partial charge in [0, 0.05) is 18.6 Å². The number of rotatable bonds is 4. The zero-order valence-corrected chi connectivity index (χ0v) is 12.3. The normalized spacial score (nSPS) is 29.7. The molecule has 2 fully saturated rings. The van der Waals surface area contributed by atoms with Gasteiger partial charge in [-0.1, -0.05) is 30.3 Å². The molecule has 4 nitrogen and oxygen atoms in total. The van der Waals surface area contributed by atoms with Crippen LogP contribution in [-0.2, 0) is 16.0 Å². The molecule has 0 spiro atoms. The van der Waals surface area contributed by atoms with E-state index in [9.17, 15) is 4.79 Å². The highest BCUT2D eigenvalue weighted by Crippen LogP contribution is 2.34. The Labute approximate surface area is 126 Å². The second-order valence-corrected chi connectivity index (χ2v) is 6.20. The number of amides is 1. The molecular formula is C17H24N2O2. The molecule has 0 radical (unpaired) electrons. The first-order valence-corrected chi connectivity index (χ1v) is 7.95. The van der Waals surface area contributed by atoms with Gasteiger partial charge in [0.15, 0.2) is 0 Å². The number of benzene rings is 1. The Kier molecular flexibility index (Phi) is 4.56. The van der Waals surface area contributed by atoms with Crippen LogP contribution in [-0.4, -0.2) is 30.7 Å². The van der Waals surface area contributed by atoms with Crippen LogP contribution in [0, 0.1) is 5.92 Å².